The van der Waals surface area contributed by atoms with E-state index in [0.29, 0.717) is 5.52 Å². The van der Waals surface area contributed by atoms with Gasteiger partial charge in [-0.15, -0.1) is 5.10 Å². The molecule has 2 aromatic carbocycles. The average molecular weight is 378 g/mol. The SMILES string of the molecule is CC(Nc1ccc2ncn(C(=O)OC(C)(C)C)c2c1)n1nnc2ccccc21. The van der Waals surface area contributed by atoms with Gasteiger partial charge in [-0.1, -0.05) is 17.3 Å². The van der Waals surface area contributed by atoms with Gasteiger partial charge in [0, 0.05) is 5.69 Å². The van der Waals surface area contributed by atoms with Crippen molar-refractivity contribution in [3.8, 4) is 0 Å². The third-order valence-corrected chi connectivity index (χ3v) is 4.26. The summed E-state index contributed by atoms with van der Waals surface area (Å²) in [6, 6.07) is 13.5. The van der Waals surface area contributed by atoms with E-state index in [1.165, 1.54) is 10.9 Å². The Morgan fingerprint density at radius 1 is 1.11 bits per heavy atom. The molecule has 8 heteroatoms. The van der Waals surface area contributed by atoms with Gasteiger partial charge in [0.1, 0.15) is 23.6 Å². The molecule has 0 aliphatic carbocycles. The molecule has 1 atom stereocenters. The minimum atomic E-state index is -0.577. The number of benzene rings is 2. The first-order valence-corrected chi connectivity index (χ1v) is 9.09. The Morgan fingerprint density at radius 2 is 1.89 bits per heavy atom. The van der Waals surface area contributed by atoms with Crippen molar-refractivity contribution in [3.05, 3.63) is 48.8 Å². The molecule has 8 nitrogen and oxygen atoms in total. The topological polar surface area (TPSA) is 86.9 Å². The second kappa shape index (κ2) is 6.63. The number of anilines is 1. The molecular formula is C20H22N6O2. The van der Waals surface area contributed by atoms with Gasteiger partial charge in [0.25, 0.3) is 0 Å². The van der Waals surface area contributed by atoms with Crippen LogP contribution in [0.3, 0.4) is 0 Å². The predicted octanol–water partition coefficient (Wildman–Crippen LogP) is 4.19. The van der Waals surface area contributed by atoms with Gasteiger partial charge >= 0.3 is 6.09 Å². The van der Waals surface area contributed by atoms with Crippen LogP contribution in [0.4, 0.5) is 10.5 Å². The molecule has 0 bridgehead atoms. The van der Waals surface area contributed by atoms with E-state index in [1.807, 2.05) is 74.8 Å². The zero-order chi connectivity index (χ0) is 19.9. The van der Waals surface area contributed by atoms with Crippen LogP contribution in [0, 0.1) is 0 Å². The largest absolute Gasteiger partial charge is 0.443 e. The van der Waals surface area contributed by atoms with E-state index >= 15 is 0 Å². The molecule has 0 amide bonds. The van der Waals surface area contributed by atoms with Crippen LogP contribution in [0.5, 0.6) is 0 Å². The number of nitrogens with one attached hydrogen (secondary N) is 1. The molecule has 0 fully saturated rings. The van der Waals surface area contributed by atoms with E-state index in [0.717, 1.165) is 22.2 Å². The highest BCUT2D eigenvalue weighted by atomic mass is 16.6. The van der Waals surface area contributed by atoms with Crippen molar-refractivity contribution in [2.24, 2.45) is 0 Å². The molecule has 0 spiro atoms. The fourth-order valence-electron chi connectivity index (χ4n) is 3.03. The van der Waals surface area contributed by atoms with Crippen LogP contribution in [0.2, 0.25) is 0 Å². The van der Waals surface area contributed by atoms with Crippen LogP contribution in [0.1, 0.15) is 33.9 Å². The first-order chi connectivity index (χ1) is 13.3. The summed E-state index contributed by atoms with van der Waals surface area (Å²) in [6.07, 6.45) is 0.891. The van der Waals surface area contributed by atoms with Crippen LogP contribution in [-0.2, 0) is 4.74 Å². The van der Waals surface area contributed by atoms with Crippen molar-refractivity contribution < 1.29 is 9.53 Å². The molecule has 4 aromatic rings. The van der Waals surface area contributed by atoms with Crippen LogP contribution in [0.15, 0.2) is 48.8 Å². The summed E-state index contributed by atoms with van der Waals surface area (Å²) in [5.41, 5.74) is 3.44. The van der Waals surface area contributed by atoms with E-state index in [9.17, 15) is 4.79 Å². The minimum absolute atomic E-state index is 0.136. The van der Waals surface area contributed by atoms with Gasteiger partial charge in [0.05, 0.1) is 16.6 Å². The van der Waals surface area contributed by atoms with Gasteiger partial charge in [0.2, 0.25) is 0 Å². The van der Waals surface area contributed by atoms with Crippen LogP contribution < -0.4 is 5.32 Å². The molecule has 0 saturated heterocycles. The molecule has 1 unspecified atom stereocenters. The second-order valence-corrected chi connectivity index (χ2v) is 7.64. The number of imidazole rings is 1. The van der Waals surface area contributed by atoms with Gasteiger partial charge in [-0.05, 0) is 58.0 Å². The van der Waals surface area contributed by atoms with Gasteiger partial charge in [-0.2, -0.15) is 0 Å². The Morgan fingerprint density at radius 3 is 2.68 bits per heavy atom. The third kappa shape index (κ3) is 3.40. The number of hydrogen-bond donors (Lipinski definition) is 1. The second-order valence-electron chi connectivity index (χ2n) is 7.64. The maximum Gasteiger partial charge on any atom is 0.420 e. The number of hydrogen-bond acceptors (Lipinski definition) is 6. The van der Waals surface area contributed by atoms with Gasteiger partial charge in [0.15, 0.2) is 0 Å². The average Bonchev–Trinajstić information content (AvgIpc) is 3.24. The number of fused-ring (bicyclic) bond motifs is 2. The third-order valence-electron chi connectivity index (χ3n) is 4.26. The molecule has 0 saturated carbocycles. The lowest BCUT2D eigenvalue weighted by Gasteiger charge is -2.19. The monoisotopic (exact) mass is 378 g/mol. The van der Waals surface area contributed by atoms with E-state index in [1.54, 1.807) is 0 Å². The summed E-state index contributed by atoms with van der Waals surface area (Å²) in [4.78, 5) is 16.7. The minimum Gasteiger partial charge on any atom is -0.443 e. The maximum absolute atomic E-state index is 12.5. The summed E-state index contributed by atoms with van der Waals surface area (Å²) >= 11 is 0. The highest BCUT2D eigenvalue weighted by Crippen LogP contribution is 2.23. The Hall–Kier alpha value is -3.42. The van der Waals surface area contributed by atoms with Crippen molar-refractivity contribution in [2.75, 3.05) is 5.32 Å². The van der Waals surface area contributed by atoms with Gasteiger partial charge in [-0.3, -0.25) is 0 Å². The Bertz CT molecular complexity index is 1150. The summed E-state index contributed by atoms with van der Waals surface area (Å²) in [5, 5.41) is 11.8. The first kappa shape index (κ1) is 18.0. The number of aromatic nitrogens is 5. The van der Waals surface area contributed by atoms with E-state index in [4.69, 9.17) is 4.74 Å². The maximum atomic E-state index is 12.5. The quantitative estimate of drug-likeness (QED) is 0.575. The molecule has 0 aliphatic heterocycles. The first-order valence-electron chi connectivity index (χ1n) is 9.09. The molecular weight excluding hydrogens is 356 g/mol. The number of para-hydroxylation sites is 1. The number of ether oxygens (including phenoxy) is 1. The van der Waals surface area contributed by atoms with E-state index < -0.39 is 11.7 Å². The highest BCUT2D eigenvalue weighted by molar-refractivity contribution is 5.88. The Kier molecular flexibility index (Phi) is 4.26. The van der Waals surface area contributed by atoms with Crippen molar-refractivity contribution in [2.45, 2.75) is 39.5 Å². The lowest BCUT2D eigenvalue weighted by atomic mass is 10.2. The van der Waals surface area contributed by atoms with Gasteiger partial charge < -0.3 is 10.1 Å². The lowest BCUT2D eigenvalue weighted by Crippen LogP contribution is -2.26. The summed E-state index contributed by atoms with van der Waals surface area (Å²) < 4.78 is 8.70. The fourth-order valence-corrected chi connectivity index (χ4v) is 3.03. The smallest absolute Gasteiger partial charge is 0.420 e. The fraction of sp³-hybridized carbons (Fsp3) is 0.300. The van der Waals surface area contributed by atoms with Crippen LogP contribution in [0.25, 0.3) is 22.1 Å². The molecule has 4 rings (SSSR count). The van der Waals surface area contributed by atoms with Crippen molar-refractivity contribution in [1.29, 1.82) is 0 Å². The van der Waals surface area contributed by atoms with Crippen LogP contribution in [-0.4, -0.2) is 36.2 Å². The highest BCUT2D eigenvalue weighted by Gasteiger charge is 2.20. The number of carbonyl (C=O) groups excluding carboxylic acids is 1. The zero-order valence-electron chi connectivity index (χ0n) is 16.2. The molecule has 144 valence electrons. The van der Waals surface area contributed by atoms with Gasteiger partial charge in [-0.25, -0.2) is 19.0 Å². The zero-order valence-corrected chi connectivity index (χ0v) is 16.2. The Balaban J connectivity index is 1.62. The molecule has 28 heavy (non-hydrogen) atoms. The molecule has 2 heterocycles. The van der Waals surface area contributed by atoms with Crippen molar-refractivity contribution in [1.82, 2.24) is 24.5 Å². The molecule has 0 aliphatic rings. The number of nitrogens with zero attached hydrogens (tertiary/aromatic N) is 5. The summed E-state index contributed by atoms with van der Waals surface area (Å²) in [5.74, 6) is 0. The van der Waals surface area contributed by atoms with E-state index in [-0.39, 0.29) is 6.17 Å². The van der Waals surface area contributed by atoms with Crippen LogP contribution >= 0.6 is 0 Å². The normalized spacial score (nSPS) is 13.0. The molecule has 0 radical (unpaired) electrons. The summed E-state index contributed by atoms with van der Waals surface area (Å²) in [6.45, 7) is 7.50. The number of rotatable bonds is 3. The van der Waals surface area contributed by atoms with Crippen molar-refractivity contribution in [3.63, 3.8) is 0 Å². The molecule has 2 aromatic heterocycles. The summed E-state index contributed by atoms with van der Waals surface area (Å²) in [7, 11) is 0. The van der Waals surface area contributed by atoms with E-state index in [2.05, 4.69) is 20.6 Å². The van der Waals surface area contributed by atoms with Crippen molar-refractivity contribution >= 4 is 33.8 Å². The molecule has 1 N–H and O–H groups in total. The Labute approximate surface area is 162 Å². The number of carbonyl (C=O) groups is 1. The lowest BCUT2D eigenvalue weighted by molar-refractivity contribution is 0.0543. The standard InChI is InChI=1S/C20H22N6O2/c1-13(26-17-8-6-5-7-16(17)23-24-26)22-14-9-10-15-18(11-14)25(12-21-15)19(27)28-20(2,3)4/h5-13,22H,1-4H3. The predicted molar refractivity (Wildman–Crippen MR) is 107 cm³/mol.